The molecule has 3 aromatic rings. The first-order valence-electron chi connectivity index (χ1n) is 7.95. The van der Waals surface area contributed by atoms with Gasteiger partial charge < -0.3 is 16.2 Å². The average molecular weight is 346 g/mol. The summed E-state index contributed by atoms with van der Waals surface area (Å²) in [5.74, 6) is -2.28. The summed E-state index contributed by atoms with van der Waals surface area (Å²) < 4.78 is 29.0. The third kappa shape index (κ3) is 2.66. The summed E-state index contributed by atoms with van der Waals surface area (Å²) in [7, 11) is 0. The third-order valence-corrected chi connectivity index (χ3v) is 4.44. The second-order valence-electron chi connectivity index (χ2n) is 6.06. The Morgan fingerprint density at radius 1 is 1.16 bits per heavy atom. The number of fused-ring (bicyclic) bond motifs is 1. The van der Waals surface area contributed by atoms with Gasteiger partial charge >= 0.3 is 0 Å². The standard InChI is InChI=1S/C16H16F2N6O/c17-8-5-10(15(25)11(18)6-8)12-7-13-14(22-21-12)16(19)23-24(13)9-1-3-20-4-2-9/h5-7,9,20,25H,1-4H2,(H2,19,23). The van der Waals surface area contributed by atoms with Crippen molar-refractivity contribution in [2.45, 2.75) is 18.9 Å². The van der Waals surface area contributed by atoms with Gasteiger partial charge in [0.15, 0.2) is 22.9 Å². The molecule has 7 nitrogen and oxygen atoms in total. The van der Waals surface area contributed by atoms with Crippen molar-refractivity contribution in [3.05, 3.63) is 29.8 Å². The summed E-state index contributed by atoms with van der Waals surface area (Å²) in [6.07, 6.45) is 1.77. The number of aromatic hydroxyl groups is 1. The molecule has 25 heavy (non-hydrogen) atoms. The largest absolute Gasteiger partial charge is 0.504 e. The fourth-order valence-electron chi connectivity index (χ4n) is 3.18. The molecule has 4 rings (SSSR count). The SMILES string of the molecule is Nc1nn(C2CCNCC2)c2cc(-c3cc(F)cc(F)c3O)nnc12. The number of phenolic OH excluding ortho intramolecular Hbond substituents is 1. The Balaban J connectivity index is 1.87. The van der Waals surface area contributed by atoms with Gasteiger partial charge in [0, 0.05) is 11.6 Å². The highest BCUT2D eigenvalue weighted by Crippen LogP contribution is 2.34. The maximum atomic E-state index is 13.6. The van der Waals surface area contributed by atoms with Crippen LogP contribution < -0.4 is 11.1 Å². The van der Waals surface area contributed by atoms with E-state index in [1.54, 1.807) is 10.7 Å². The number of nitrogens with two attached hydrogens (primary N) is 1. The number of benzene rings is 1. The Kier molecular flexibility index (Phi) is 3.72. The molecule has 1 fully saturated rings. The molecule has 0 unspecified atom stereocenters. The highest BCUT2D eigenvalue weighted by atomic mass is 19.1. The minimum absolute atomic E-state index is 0.0662. The second-order valence-corrected chi connectivity index (χ2v) is 6.06. The number of hydrogen-bond acceptors (Lipinski definition) is 6. The van der Waals surface area contributed by atoms with Crippen LogP contribution in [0.1, 0.15) is 18.9 Å². The van der Waals surface area contributed by atoms with Crippen molar-refractivity contribution in [3.8, 4) is 17.0 Å². The summed E-state index contributed by atoms with van der Waals surface area (Å²) in [5.41, 5.74) is 7.07. The minimum Gasteiger partial charge on any atom is -0.504 e. The number of anilines is 1. The van der Waals surface area contributed by atoms with E-state index in [1.807, 2.05) is 0 Å². The van der Waals surface area contributed by atoms with Crippen molar-refractivity contribution in [2.24, 2.45) is 0 Å². The molecule has 1 aliphatic heterocycles. The Hall–Kier alpha value is -2.81. The van der Waals surface area contributed by atoms with Crippen LogP contribution in [0, 0.1) is 11.6 Å². The van der Waals surface area contributed by atoms with Crippen LogP contribution in [0.3, 0.4) is 0 Å². The fourth-order valence-corrected chi connectivity index (χ4v) is 3.18. The minimum atomic E-state index is -1.05. The summed E-state index contributed by atoms with van der Waals surface area (Å²) in [6.45, 7) is 1.74. The zero-order chi connectivity index (χ0) is 17.6. The predicted molar refractivity (Wildman–Crippen MR) is 87.9 cm³/mol. The maximum Gasteiger partial charge on any atom is 0.174 e. The first kappa shape index (κ1) is 15.7. The van der Waals surface area contributed by atoms with Crippen LogP contribution in [0.25, 0.3) is 22.3 Å². The highest BCUT2D eigenvalue weighted by molar-refractivity contribution is 5.87. The van der Waals surface area contributed by atoms with Gasteiger partial charge in [0.25, 0.3) is 0 Å². The molecule has 0 spiro atoms. The lowest BCUT2D eigenvalue weighted by molar-refractivity contribution is 0.352. The van der Waals surface area contributed by atoms with Crippen LogP contribution in [-0.4, -0.2) is 38.2 Å². The van der Waals surface area contributed by atoms with Crippen molar-refractivity contribution in [2.75, 3.05) is 18.8 Å². The first-order chi connectivity index (χ1) is 12.0. The van der Waals surface area contributed by atoms with Gasteiger partial charge in [0.1, 0.15) is 5.82 Å². The number of halogens is 2. The zero-order valence-electron chi connectivity index (χ0n) is 13.2. The Morgan fingerprint density at radius 3 is 2.68 bits per heavy atom. The van der Waals surface area contributed by atoms with Crippen LogP contribution in [-0.2, 0) is 0 Å². The molecule has 0 radical (unpaired) electrons. The number of hydrogen-bond donors (Lipinski definition) is 3. The van der Waals surface area contributed by atoms with Crippen molar-refractivity contribution < 1.29 is 13.9 Å². The summed E-state index contributed by atoms with van der Waals surface area (Å²) >= 11 is 0. The van der Waals surface area contributed by atoms with Crippen LogP contribution in [0.15, 0.2) is 18.2 Å². The highest BCUT2D eigenvalue weighted by Gasteiger charge is 2.22. The van der Waals surface area contributed by atoms with Gasteiger partial charge in [0.05, 0.1) is 17.3 Å². The molecular formula is C16H16F2N6O. The summed E-state index contributed by atoms with van der Waals surface area (Å²) in [6, 6.07) is 3.38. The van der Waals surface area contributed by atoms with Crippen molar-refractivity contribution in [3.63, 3.8) is 0 Å². The van der Waals surface area contributed by atoms with Crippen LogP contribution in [0.4, 0.5) is 14.6 Å². The Morgan fingerprint density at radius 2 is 1.92 bits per heavy atom. The normalized spacial score (nSPS) is 15.8. The average Bonchev–Trinajstić information content (AvgIpc) is 2.95. The number of aromatic nitrogens is 4. The lowest BCUT2D eigenvalue weighted by Gasteiger charge is -2.23. The quantitative estimate of drug-likeness (QED) is 0.656. The van der Waals surface area contributed by atoms with Crippen molar-refractivity contribution >= 4 is 16.9 Å². The molecule has 0 aliphatic carbocycles. The van der Waals surface area contributed by atoms with Gasteiger partial charge in [-0.05, 0) is 38.1 Å². The molecule has 1 aromatic carbocycles. The molecule has 9 heteroatoms. The van der Waals surface area contributed by atoms with E-state index in [2.05, 4.69) is 20.6 Å². The summed E-state index contributed by atoms with van der Waals surface area (Å²) in [4.78, 5) is 0. The smallest absolute Gasteiger partial charge is 0.174 e. The van der Waals surface area contributed by atoms with Gasteiger partial charge in [-0.15, -0.1) is 10.2 Å². The maximum absolute atomic E-state index is 13.6. The molecule has 2 aromatic heterocycles. The molecule has 0 saturated carbocycles. The van der Waals surface area contributed by atoms with Crippen molar-refractivity contribution in [1.82, 2.24) is 25.3 Å². The van der Waals surface area contributed by atoms with Gasteiger partial charge in [-0.25, -0.2) is 8.78 Å². The van der Waals surface area contributed by atoms with Gasteiger partial charge in [0.2, 0.25) is 0 Å². The first-order valence-corrected chi connectivity index (χ1v) is 7.95. The van der Waals surface area contributed by atoms with Gasteiger partial charge in [-0.1, -0.05) is 0 Å². The molecular weight excluding hydrogens is 330 g/mol. The number of phenols is 1. The Bertz CT molecular complexity index is 951. The fraction of sp³-hybridized carbons (Fsp3) is 0.312. The van der Waals surface area contributed by atoms with Crippen LogP contribution >= 0.6 is 0 Å². The molecule has 1 aliphatic rings. The monoisotopic (exact) mass is 346 g/mol. The predicted octanol–water partition coefficient (Wildman–Crippen LogP) is 1.98. The number of nitrogen functional groups attached to an aromatic ring is 1. The number of nitrogens with zero attached hydrogens (tertiary/aromatic N) is 4. The Labute approximate surface area is 141 Å². The molecule has 1 saturated heterocycles. The number of piperidine rings is 1. The molecule has 130 valence electrons. The topological polar surface area (TPSA) is 102 Å². The number of rotatable bonds is 2. The van der Waals surface area contributed by atoms with E-state index in [4.69, 9.17) is 5.73 Å². The van der Waals surface area contributed by atoms with E-state index in [0.717, 1.165) is 32.0 Å². The lowest BCUT2D eigenvalue weighted by atomic mass is 10.1. The van der Waals surface area contributed by atoms with E-state index in [9.17, 15) is 13.9 Å². The second kappa shape index (κ2) is 5.92. The molecule has 0 bridgehead atoms. The molecule has 3 heterocycles. The molecule has 0 amide bonds. The van der Waals surface area contributed by atoms with Gasteiger partial charge in [-0.3, -0.25) is 4.68 Å². The van der Waals surface area contributed by atoms with E-state index in [-0.39, 0.29) is 23.1 Å². The van der Waals surface area contributed by atoms with E-state index in [1.165, 1.54) is 0 Å². The molecule has 0 atom stereocenters. The van der Waals surface area contributed by atoms with E-state index in [0.29, 0.717) is 17.1 Å². The zero-order valence-corrected chi connectivity index (χ0v) is 13.2. The van der Waals surface area contributed by atoms with Crippen molar-refractivity contribution in [1.29, 1.82) is 0 Å². The van der Waals surface area contributed by atoms with Crippen LogP contribution in [0.2, 0.25) is 0 Å². The van der Waals surface area contributed by atoms with Gasteiger partial charge in [-0.2, -0.15) is 5.10 Å². The molecule has 4 N–H and O–H groups in total. The number of nitrogens with one attached hydrogen (secondary N) is 1. The van der Waals surface area contributed by atoms with E-state index < -0.39 is 17.4 Å². The lowest BCUT2D eigenvalue weighted by Crippen LogP contribution is -2.29. The van der Waals surface area contributed by atoms with E-state index >= 15 is 0 Å². The van der Waals surface area contributed by atoms with Crippen LogP contribution in [0.5, 0.6) is 5.75 Å². The summed E-state index contributed by atoms with van der Waals surface area (Å²) in [5, 5.41) is 25.5. The third-order valence-electron chi connectivity index (χ3n) is 4.44.